The highest BCUT2D eigenvalue weighted by Gasteiger charge is 2.56. The molecule has 38 heavy (non-hydrogen) atoms. The van der Waals surface area contributed by atoms with Gasteiger partial charge in [0.25, 0.3) is 5.91 Å². The fraction of sp³-hybridized carbons (Fsp3) is 0.333. The van der Waals surface area contributed by atoms with E-state index in [9.17, 15) is 19.2 Å². The summed E-state index contributed by atoms with van der Waals surface area (Å²) in [6.45, 7) is 1.52. The Morgan fingerprint density at radius 2 is 1.68 bits per heavy atom. The molecular weight excluding hydrogens is 590 g/mol. The smallest absolute Gasteiger partial charge is 0.305 e. The molecule has 1 aromatic heterocycles. The van der Waals surface area contributed by atoms with Gasteiger partial charge in [-0.1, -0.05) is 51.2 Å². The van der Waals surface area contributed by atoms with Crippen molar-refractivity contribution in [1.29, 1.82) is 0 Å². The van der Waals surface area contributed by atoms with Crippen LogP contribution in [0.15, 0.2) is 62.8 Å². The van der Waals surface area contributed by atoms with E-state index >= 15 is 0 Å². The molecule has 3 aliphatic rings. The number of thioether (sulfide) groups is 1. The van der Waals surface area contributed by atoms with E-state index in [4.69, 9.17) is 4.74 Å². The van der Waals surface area contributed by atoms with Crippen molar-refractivity contribution < 1.29 is 19.1 Å². The number of amides is 3. The number of H-pyrrole nitrogens is 1. The number of fused-ring (bicyclic) bond motifs is 2. The summed E-state index contributed by atoms with van der Waals surface area (Å²) in [5, 5.41) is -0.00972. The molecule has 2 fully saturated rings. The number of aromatic amines is 1. The van der Waals surface area contributed by atoms with Crippen molar-refractivity contribution in [1.82, 2.24) is 9.88 Å². The first-order valence-electron chi connectivity index (χ1n) is 12.4. The number of halogens is 1. The van der Waals surface area contributed by atoms with Gasteiger partial charge in [0.1, 0.15) is 11.0 Å². The van der Waals surface area contributed by atoms with Crippen molar-refractivity contribution >= 4 is 62.4 Å². The number of nitrogens with zero attached hydrogens (tertiary/aromatic N) is 2. The zero-order valence-electron chi connectivity index (χ0n) is 20.2. The van der Waals surface area contributed by atoms with Crippen LogP contribution in [0.5, 0.6) is 5.75 Å². The monoisotopic (exact) mass is 613 g/mol. The van der Waals surface area contributed by atoms with Crippen LogP contribution in [0.25, 0.3) is 0 Å². The largest absolute Gasteiger partial charge is 0.484 e. The van der Waals surface area contributed by atoms with Crippen LogP contribution in [-0.2, 0) is 14.4 Å². The molecule has 2 aromatic carbocycles. The first kappa shape index (κ1) is 25.4. The average molecular weight is 615 g/mol. The standard InChI is InChI=1S/C27H24BrN3O5S2/c28-16-6-8-17(9-7-16)31-25(33)21-20(22-24(29-27(35)38-22)37-23(21)26(31)34)15-4-10-18(11-5-15)36-14-19(32)30-12-2-1-3-13-30/h4-11,20-21,23H,1-3,12-14H2,(H,29,35). The van der Waals surface area contributed by atoms with Gasteiger partial charge in [0.2, 0.25) is 11.8 Å². The van der Waals surface area contributed by atoms with Crippen LogP contribution in [0.1, 0.15) is 35.6 Å². The highest BCUT2D eigenvalue weighted by atomic mass is 79.9. The van der Waals surface area contributed by atoms with Crippen molar-refractivity contribution in [2.24, 2.45) is 5.92 Å². The van der Waals surface area contributed by atoms with Gasteiger partial charge in [-0.05, 0) is 61.2 Å². The average Bonchev–Trinajstić information content (AvgIpc) is 3.43. The molecule has 11 heteroatoms. The van der Waals surface area contributed by atoms with Gasteiger partial charge in [-0.2, -0.15) is 0 Å². The Balaban J connectivity index is 1.27. The molecule has 3 aliphatic heterocycles. The second-order valence-corrected chi connectivity index (χ2v) is 12.6. The minimum Gasteiger partial charge on any atom is -0.484 e. The van der Waals surface area contributed by atoms with Gasteiger partial charge in [-0.3, -0.25) is 19.2 Å². The Morgan fingerprint density at radius 3 is 2.39 bits per heavy atom. The molecule has 0 bridgehead atoms. The van der Waals surface area contributed by atoms with Crippen molar-refractivity contribution in [3.05, 3.63) is 73.1 Å². The third-order valence-electron chi connectivity index (χ3n) is 7.22. The molecule has 8 nitrogen and oxygen atoms in total. The highest BCUT2D eigenvalue weighted by Crippen LogP contribution is 2.53. The van der Waals surface area contributed by atoms with E-state index in [1.54, 1.807) is 36.4 Å². The number of likely N-dealkylation sites (tertiary alicyclic amines) is 1. The van der Waals surface area contributed by atoms with Crippen LogP contribution < -0.4 is 14.5 Å². The lowest BCUT2D eigenvalue weighted by atomic mass is 9.83. The molecule has 0 radical (unpaired) electrons. The fourth-order valence-electron chi connectivity index (χ4n) is 5.37. The molecule has 3 atom stereocenters. The maximum atomic E-state index is 13.8. The summed E-state index contributed by atoms with van der Waals surface area (Å²) in [5.41, 5.74) is 1.33. The van der Waals surface area contributed by atoms with Crippen molar-refractivity contribution in [3.8, 4) is 5.75 Å². The number of carbonyl (C=O) groups excluding carboxylic acids is 3. The molecule has 2 saturated heterocycles. The van der Waals surface area contributed by atoms with E-state index in [0.29, 0.717) is 16.5 Å². The first-order valence-corrected chi connectivity index (χ1v) is 14.9. The zero-order valence-corrected chi connectivity index (χ0v) is 23.4. The maximum Gasteiger partial charge on any atom is 0.305 e. The molecular formula is C27H24BrN3O5S2. The van der Waals surface area contributed by atoms with Crippen LogP contribution >= 0.6 is 39.0 Å². The highest BCUT2D eigenvalue weighted by molar-refractivity contribution is 9.10. The number of hydrogen-bond acceptors (Lipinski definition) is 7. The Bertz CT molecular complexity index is 1450. The van der Waals surface area contributed by atoms with Crippen LogP contribution in [0.2, 0.25) is 0 Å². The summed E-state index contributed by atoms with van der Waals surface area (Å²) in [5.74, 6) is -1.15. The molecule has 196 valence electrons. The first-order chi connectivity index (χ1) is 18.4. The van der Waals surface area contributed by atoms with Crippen molar-refractivity contribution in [2.45, 2.75) is 35.5 Å². The molecule has 3 amide bonds. The van der Waals surface area contributed by atoms with Crippen LogP contribution in [-0.4, -0.2) is 52.6 Å². The predicted octanol–water partition coefficient (Wildman–Crippen LogP) is 4.39. The molecule has 6 rings (SSSR count). The summed E-state index contributed by atoms with van der Waals surface area (Å²) < 4.78 is 6.62. The number of nitrogens with one attached hydrogen (secondary N) is 1. The second-order valence-electron chi connectivity index (χ2n) is 9.54. The van der Waals surface area contributed by atoms with Gasteiger partial charge < -0.3 is 14.6 Å². The third kappa shape index (κ3) is 4.60. The minimum atomic E-state index is -0.650. The third-order valence-corrected chi connectivity index (χ3v) is 10.1. The zero-order chi connectivity index (χ0) is 26.4. The van der Waals surface area contributed by atoms with E-state index < -0.39 is 17.1 Å². The van der Waals surface area contributed by atoms with E-state index in [1.165, 1.54) is 16.7 Å². The lowest BCUT2D eigenvalue weighted by molar-refractivity contribution is -0.134. The van der Waals surface area contributed by atoms with E-state index in [0.717, 1.165) is 58.6 Å². The van der Waals surface area contributed by atoms with Crippen molar-refractivity contribution in [3.63, 3.8) is 0 Å². The summed E-state index contributed by atoms with van der Waals surface area (Å²) in [7, 11) is 0. The SMILES string of the molecule is O=C(COc1ccc(C2c3sc(=O)[nH]c3SC3C(=O)N(c4ccc(Br)cc4)C(=O)C32)cc1)N1CCCCC1. The number of rotatable bonds is 5. The van der Waals surface area contributed by atoms with Gasteiger partial charge >= 0.3 is 4.87 Å². The van der Waals surface area contributed by atoms with E-state index in [1.807, 2.05) is 17.0 Å². The minimum absolute atomic E-state index is 0.0224. The second kappa shape index (κ2) is 10.3. The van der Waals surface area contributed by atoms with E-state index in [-0.39, 0.29) is 29.2 Å². The Kier molecular flexibility index (Phi) is 6.92. The molecule has 3 aromatic rings. The molecule has 0 aliphatic carbocycles. The Labute approximate surface area is 235 Å². The van der Waals surface area contributed by atoms with Gasteiger partial charge in [0.05, 0.1) is 16.6 Å². The van der Waals surface area contributed by atoms with Gasteiger partial charge in [0, 0.05) is 28.4 Å². The normalized spacial score (nSPS) is 22.8. The Morgan fingerprint density at radius 1 is 0.974 bits per heavy atom. The van der Waals surface area contributed by atoms with Crippen molar-refractivity contribution in [2.75, 3.05) is 24.6 Å². The van der Waals surface area contributed by atoms with Gasteiger partial charge in [0.15, 0.2) is 6.61 Å². The quantitative estimate of drug-likeness (QED) is 0.429. The number of anilines is 1. The summed E-state index contributed by atoms with van der Waals surface area (Å²) in [6.07, 6.45) is 3.20. The number of thiazole rings is 1. The van der Waals surface area contributed by atoms with E-state index in [2.05, 4.69) is 20.9 Å². The molecule has 0 spiro atoms. The summed E-state index contributed by atoms with van der Waals surface area (Å²) >= 11 is 5.73. The van der Waals surface area contributed by atoms with Crippen LogP contribution in [0, 0.1) is 5.92 Å². The molecule has 4 heterocycles. The molecule has 3 unspecified atom stereocenters. The topological polar surface area (TPSA) is 99.8 Å². The Hall–Kier alpha value is -2.89. The summed E-state index contributed by atoms with van der Waals surface area (Å²) in [6, 6.07) is 14.3. The fourth-order valence-corrected chi connectivity index (χ4v) is 8.15. The van der Waals surface area contributed by atoms with Gasteiger partial charge in [-0.15, -0.1) is 0 Å². The van der Waals surface area contributed by atoms with Crippen LogP contribution in [0.3, 0.4) is 0 Å². The van der Waals surface area contributed by atoms with Gasteiger partial charge in [-0.25, -0.2) is 4.90 Å². The number of ether oxygens (including phenoxy) is 1. The lowest BCUT2D eigenvalue weighted by Gasteiger charge is -2.30. The number of aromatic nitrogens is 1. The molecule has 0 saturated carbocycles. The number of carbonyl (C=O) groups is 3. The number of benzene rings is 2. The number of imide groups is 1. The predicted molar refractivity (Wildman–Crippen MR) is 149 cm³/mol. The number of piperidine rings is 1. The number of hydrogen-bond donors (Lipinski definition) is 1. The van der Waals surface area contributed by atoms with Crippen LogP contribution in [0.4, 0.5) is 5.69 Å². The maximum absolute atomic E-state index is 13.8. The summed E-state index contributed by atoms with van der Waals surface area (Å²) in [4.78, 5) is 58.5. The molecule has 1 N–H and O–H groups in total. The lowest BCUT2D eigenvalue weighted by Crippen LogP contribution is -2.38.